The van der Waals surface area contributed by atoms with Crippen LogP contribution in [0.4, 0.5) is 0 Å². The molecule has 3 rings (SSSR count). The highest BCUT2D eigenvalue weighted by Gasteiger charge is 2.34. The Balaban J connectivity index is 1.46. The average Bonchev–Trinajstić information content (AvgIpc) is 3.26. The van der Waals surface area contributed by atoms with Crippen molar-refractivity contribution in [3.63, 3.8) is 0 Å². The summed E-state index contributed by atoms with van der Waals surface area (Å²) in [7, 11) is 0. The summed E-state index contributed by atoms with van der Waals surface area (Å²) in [5, 5.41) is 17.0. The summed E-state index contributed by atoms with van der Waals surface area (Å²) in [4.78, 5) is 30.5. The number of hydrogen-bond donors (Lipinski definition) is 2. The largest absolute Gasteiger partial charge is 0.480 e. The molecule has 1 atom stereocenters. The van der Waals surface area contributed by atoms with Crippen molar-refractivity contribution in [2.24, 2.45) is 10.3 Å². The smallest absolute Gasteiger partial charge is 0.329 e. The van der Waals surface area contributed by atoms with Crippen molar-refractivity contribution in [1.29, 1.82) is 0 Å². The lowest BCUT2D eigenvalue weighted by atomic mass is 10.0. The molecule has 2 heterocycles. The molecule has 1 fully saturated rings. The number of carboxylic acid groups (broad SMARTS) is 1. The van der Waals surface area contributed by atoms with E-state index in [1.54, 1.807) is 11.1 Å². The van der Waals surface area contributed by atoms with E-state index in [0.717, 1.165) is 29.8 Å². The summed E-state index contributed by atoms with van der Waals surface area (Å²) < 4.78 is 5.31. The van der Waals surface area contributed by atoms with Gasteiger partial charge in [-0.1, -0.05) is 36.3 Å². The number of carboxylic acids is 1. The van der Waals surface area contributed by atoms with E-state index < -0.39 is 12.1 Å². The standard InChI is InChI=1S/C21H28N4O5/c1-2-9-22-23-13-15-3-5-16(6-4-15)18-12-19(30-24-18)21(28)25-10-7-17(8-11-25)29-14-20(26)27/h3-6,13,17,19,22H,2,7-12,14H2,1H3,(H,26,27). The van der Waals surface area contributed by atoms with Gasteiger partial charge < -0.3 is 25.0 Å². The van der Waals surface area contributed by atoms with Crippen molar-refractivity contribution < 1.29 is 24.3 Å². The first kappa shape index (κ1) is 21.8. The Hall–Kier alpha value is -2.94. The van der Waals surface area contributed by atoms with Crippen molar-refractivity contribution >= 4 is 23.8 Å². The number of amides is 1. The number of carbonyl (C=O) groups is 2. The van der Waals surface area contributed by atoms with Gasteiger partial charge in [-0.3, -0.25) is 4.79 Å². The van der Waals surface area contributed by atoms with E-state index >= 15 is 0 Å². The quantitative estimate of drug-likeness (QED) is 0.359. The van der Waals surface area contributed by atoms with Gasteiger partial charge in [0.05, 0.1) is 18.0 Å². The van der Waals surface area contributed by atoms with Crippen LogP contribution in [0.3, 0.4) is 0 Å². The second-order valence-electron chi connectivity index (χ2n) is 7.35. The van der Waals surface area contributed by atoms with Crippen molar-refractivity contribution in [3.05, 3.63) is 35.4 Å². The van der Waals surface area contributed by atoms with Crippen LogP contribution in [0.2, 0.25) is 0 Å². The molecule has 9 heteroatoms. The van der Waals surface area contributed by atoms with E-state index in [0.29, 0.717) is 32.4 Å². The van der Waals surface area contributed by atoms with Crippen LogP contribution in [0.1, 0.15) is 43.7 Å². The maximum atomic E-state index is 12.7. The lowest BCUT2D eigenvalue weighted by Gasteiger charge is -2.32. The number of nitrogens with one attached hydrogen (secondary N) is 1. The minimum Gasteiger partial charge on any atom is -0.480 e. The number of carbonyl (C=O) groups excluding carboxylic acids is 1. The molecular formula is C21H28N4O5. The molecule has 2 aliphatic heterocycles. The zero-order chi connectivity index (χ0) is 21.3. The predicted molar refractivity (Wildman–Crippen MR) is 112 cm³/mol. The van der Waals surface area contributed by atoms with Crippen molar-refractivity contribution in [1.82, 2.24) is 10.3 Å². The minimum atomic E-state index is -0.981. The molecule has 1 aromatic carbocycles. The van der Waals surface area contributed by atoms with Crippen LogP contribution in [0.5, 0.6) is 0 Å². The van der Waals surface area contributed by atoms with E-state index in [1.165, 1.54) is 0 Å². The highest BCUT2D eigenvalue weighted by molar-refractivity contribution is 6.04. The first-order valence-corrected chi connectivity index (χ1v) is 10.3. The molecular weight excluding hydrogens is 388 g/mol. The highest BCUT2D eigenvalue weighted by Crippen LogP contribution is 2.21. The van der Waals surface area contributed by atoms with Gasteiger partial charge in [-0.15, -0.1) is 0 Å². The van der Waals surface area contributed by atoms with E-state index in [1.807, 2.05) is 24.3 Å². The van der Waals surface area contributed by atoms with Crippen molar-refractivity contribution in [2.45, 2.75) is 44.8 Å². The first-order chi connectivity index (χ1) is 14.6. The molecule has 0 saturated carbocycles. The Morgan fingerprint density at radius 3 is 2.73 bits per heavy atom. The zero-order valence-electron chi connectivity index (χ0n) is 17.1. The molecule has 2 N–H and O–H groups in total. The summed E-state index contributed by atoms with van der Waals surface area (Å²) >= 11 is 0. The average molecular weight is 416 g/mol. The molecule has 1 unspecified atom stereocenters. The Morgan fingerprint density at radius 2 is 2.07 bits per heavy atom. The SMILES string of the molecule is CCCNN=Cc1ccc(C2=NOC(C(=O)N3CCC(OCC(=O)O)CC3)C2)cc1. The number of hydrazone groups is 1. The maximum absolute atomic E-state index is 12.7. The fourth-order valence-corrected chi connectivity index (χ4v) is 3.37. The van der Waals surface area contributed by atoms with Gasteiger partial charge in [-0.25, -0.2) is 4.79 Å². The fraction of sp³-hybridized carbons (Fsp3) is 0.524. The van der Waals surface area contributed by atoms with E-state index in [2.05, 4.69) is 22.6 Å². The molecule has 1 amide bonds. The molecule has 30 heavy (non-hydrogen) atoms. The molecule has 1 aromatic rings. The van der Waals surface area contributed by atoms with Crippen molar-refractivity contribution in [3.8, 4) is 0 Å². The normalized spacial score (nSPS) is 19.6. The number of rotatable bonds is 9. The van der Waals surface area contributed by atoms with Gasteiger partial charge >= 0.3 is 5.97 Å². The van der Waals surface area contributed by atoms with Crippen LogP contribution in [0.25, 0.3) is 0 Å². The molecule has 0 aliphatic carbocycles. The number of piperidine rings is 1. The Kier molecular flexibility index (Phi) is 7.78. The molecule has 0 radical (unpaired) electrons. The summed E-state index contributed by atoms with van der Waals surface area (Å²) in [6.45, 7) is 3.67. The number of ether oxygens (including phenoxy) is 1. The maximum Gasteiger partial charge on any atom is 0.329 e. The first-order valence-electron chi connectivity index (χ1n) is 10.3. The number of likely N-dealkylation sites (tertiary alicyclic amines) is 1. The third kappa shape index (κ3) is 6.03. The van der Waals surface area contributed by atoms with Gasteiger partial charge in [0.15, 0.2) is 0 Å². The number of aliphatic carboxylic acids is 1. The highest BCUT2D eigenvalue weighted by atomic mass is 16.6. The van der Waals surface area contributed by atoms with E-state index in [-0.39, 0.29) is 18.6 Å². The van der Waals surface area contributed by atoms with E-state index in [9.17, 15) is 9.59 Å². The van der Waals surface area contributed by atoms with Gasteiger partial charge in [-0.05, 0) is 30.4 Å². The van der Waals surface area contributed by atoms with Crippen LogP contribution in [0, 0.1) is 0 Å². The summed E-state index contributed by atoms with van der Waals surface area (Å²) in [5.41, 5.74) is 5.61. The molecule has 0 spiro atoms. The lowest BCUT2D eigenvalue weighted by molar-refractivity contribution is -0.149. The van der Waals surface area contributed by atoms with Gasteiger partial charge in [0.2, 0.25) is 6.10 Å². The van der Waals surface area contributed by atoms with Crippen LogP contribution in [-0.2, 0) is 19.2 Å². The molecule has 1 saturated heterocycles. The molecule has 9 nitrogen and oxygen atoms in total. The topological polar surface area (TPSA) is 113 Å². The predicted octanol–water partition coefficient (Wildman–Crippen LogP) is 1.61. The van der Waals surface area contributed by atoms with Gasteiger partial charge in [-0.2, -0.15) is 5.10 Å². The van der Waals surface area contributed by atoms with Gasteiger partial charge in [0.25, 0.3) is 5.91 Å². The Labute approximate surface area is 175 Å². The fourth-order valence-electron chi connectivity index (χ4n) is 3.37. The molecule has 0 aromatic heterocycles. The van der Waals surface area contributed by atoms with Crippen molar-refractivity contribution in [2.75, 3.05) is 26.2 Å². The number of hydrogen-bond acceptors (Lipinski definition) is 7. The van der Waals surface area contributed by atoms with Crippen LogP contribution in [-0.4, -0.2) is 72.3 Å². The Morgan fingerprint density at radius 1 is 1.33 bits per heavy atom. The van der Waals surface area contributed by atoms with E-state index in [4.69, 9.17) is 14.7 Å². The van der Waals surface area contributed by atoms with Crippen LogP contribution >= 0.6 is 0 Å². The number of benzene rings is 1. The summed E-state index contributed by atoms with van der Waals surface area (Å²) in [6.07, 6.45) is 3.72. The minimum absolute atomic E-state index is 0.0869. The lowest BCUT2D eigenvalue weighted by Crippen LogP contribution is -2.45. The van der Waals surface area contributed by atoms with Gasteiger partial charge in [0, 0.05) is 26.1 Å². The third-order valence-corrected chi connectivity index (χ3v) is 5.05. The number of nitrogens with zero attached hydrogens (tertiary/aromatic N) is 3. The monoisotopic (exact) mass is 416 g/mol. The van der Waals surface area contributed by atoms with Crippen LogP contribution in [0.15, 0.2) is 34.5 Å². The van der Waals surface area contributed by atoms with Gasteiger partial charge in [0.1, 0.15) is 6.61 Å². The second-order valence-corrected chi connectivity index (χ2v) is 7.35. The Bertz CT molecular complexity index is 785. The second kappa shape index (κ2) is 10.7. The number of oxime groups is 1. The molecule has 162 valence electrons. The molecule has 0 bridgehead atoms. The summed E-state index contributed by atoms with van der Waals surface area (Å²) in [6, 6.07) is 7.79. The van der Waals surface area contributed by atoms with Crippen LogP contribution < -0.4 is 5.43 Å². The zero-order valence-corrected chi connectivity index (χ0v) is 17.1. The molecule has 2 aliphatic rings. The third-order valence-electron chi connectivity index (χ3n) is 5.05. The summed E-state index contributed by atoms with van der Waals surface area (Å²) in [5.74, 6) is -1.07.